The maximum atomic E-state index is 13.3. The maximum Gasteiger partial charge on any atom is 0.250 e. The van der Waals surface area contributed by atoms with Crippen molar-refractivity contribution in [2.75, 3.05) is 18.8 Å². The molecule has 0 saturated carbocycles. The maximum absolute atomic E-state index is 13.3. The molecule has 2 aromatic carbocycles. The van der Waals surface area contributed by atoms with Crippen molar-refractivity contribution in [3.8, 4) is 0 Å². The Labute approximate surface area is 201 Å². The van der Waals surface area contributed by atoms with E-state index in [1.165, 1.54) is 11.8 Å². The third kappa shape index (κ3) is 3.50. The number of pyridine rings is 1. The van der Waals surface area contributed by atoms with Crippen LogP contribution in [-0.4, -0.2) is 43.1 Å². The molecule has 5 nitrogen and oxygen atoms in total. The number of rotatable bonds is 2. The Morgan fingerprint density at radius 3 is 2.33 bits per heavy atom. The van der Waals surface area contributed by atoms with Crippen LogP contribution in [0.25, 0.3) is 21.8 Å². The summed E-state index contributed by atoms with van der Waals surface area (Å²) in [6, 6.07) is 21.6. The number of piperidine rings is 1. The predicted molar refractivity (Wildman–Crippen MR) is 138 cm³/mol. The Balaban J connectivity index is 1.21. The molecule has 1 fully saturated rings. The Morgan fingerprint density at radius 2 is 1.61 bits per heavy atom. The van der Waals surface area contributed by atoms with Crippen LogP contribution >= 0.6 is 24.0 Å². The molecule has 2 bridgehead atoms. The average Bonchev–Trinajstić information content (AvgIpc) is 3.17. The number of hydrogen-bond acceptors (Lipinski definition) is 4. The highest BCUT2D eigenvalue weighted by Crippen LogP contribution is 2.36. The third-order valence-corrected chi connectivity index (χ3v) is 8.39. The normalized spacial score (nSPS) is 19.6. The number of para-hydroxylation sites is 2. The standard InChI is InChI=1S/C26H23N3O2S2/c30-24-11-5-10-21-18-12-17(14-28(21)24)13-27(15-18)26(32)33-16-25(31)29-22-8-3-1-6-19(22)20-7-2-4-9-23(20)29/h1-11,17-18H,12-16H2/t17-,18-/m1/s1. The van der Waals surface area contributed by atoms with Crippen molar-refractivity contribution in [2.45, 2.75) is 18.9 Å². The highest BCUT2D eigenvalue weighted by molar-refractivity contribution is 8.23. The lowest BCUT2D eigenvalue weighted by molar-refractivity contribution is 0.0951. The van der Waals surface area contributed by atoms with Crippen LogP contribution in [0, 0.1) is 5.92 Å². The topological polar surface area (TPSA) is 47.2 Å². The number of thioether (sulfide) groups is 1. The van der Waals surface area contributed by atoms with Crippen molar-refractivity contribution >= 4 is 56.0 Å². The molecule has 4 heterocycles. The fourth-order valence-corrected chi connectivity index (χ4v) is 6.55. The second kappa shape index (κ2) is 8.15. The second-order valence-corrected chi connectivity index (χ2v) is 10.5. The molecule has 2 aromatic heterocycles. The van der Waals surface area contributed by atoms with E-state index in [1.54, 1.807) is 6.07 Å². The molecule has 0 N–H and O–H groups in total. The van der Waals surface area contributed by atoms with Gasteiger partial charge in [0, 0.05) is 48.1 Å². The first-order chi connectivity index (χ1) is 16.1. The van der Waals surface area contributed by atoms with E-state index < -0.39 is 0 Å². The molecule has 33 heavy (non-hydrogen) atoms. The fraction of sp³-hybridized carbons (Fsp3) is 0.269. The van der Waals surface area contributed by atoms with Gasteiger partial charge in [-0.15, -0.1) is 0 Å². The zero-order chi connectivity index (χ0) is 22.5. The molecule has 7 heteroatoms. The third-order valence-electron chi connectivity index (χ3n) is 6.89. The molecule has 4 aromatic rings. The number of nitrogens with zero attached hydrogens (tertiary/aromatic N) is 3. The minimum atomic E-state index is 0.0360. The number of aromatic nitrogens is 2. The summed E-state index contributed by atoms with van der Waals surface area (Å²) in [5, 5.41) is 2.18. The molecule has 166 valence electrons. The van der Waals surface area contributed by atoms with Gasteiger partial charge in [-0.3, -0.25) is 14.2 Å². The lowest BCUT2D eigenvalue weighted by atomic mass is 9.83. The van der Waals surface area contributed by atoms with E-state index >= 15 is 0 Å². The van der Waals surface area contributed by atoms with Gasteiger partial charge >= 0.3 is 0 Å². The average molecular weight is 474 g/mol. The molecule has 0 amide bonds. The number of thiocarbonyl (C=S) groups is 1. The molecule has 0 aliphatic carbocycles. The summed E-state index contributed by atoms with van der Waals surface area (Å²) < 4.78 is 4.53. The van der Waals surface area contributed by atoms with Gasteiger partial charge in [0.25, 0.3) is 5.56 Å². The van der Waals surface area contributed by atoms with Crippen LogP contribution in [0.2, 0.25) is 0 Å². The van der Waals surface area contributed by atoms with Crippen molar-refractivity contribution in [1.29, 1.82) is 0 Å². The van der Waals surface area contributed by atoms with Gasteiger partial charge in [-0.2, -0.15) is 0 Å². The van der Waals surface area contributed by atoms with E-state index in [1.807, 2.05) is 51.6 Å². The van der Waals surface area contributed by atoms with Crippen LogP contribution in [0.3, 0.4) is 0 Å². The van der Waals surface area contributed by atoms with Crippen molar-refractivity contribution in [3.63, 3.8) is 0 Å². The van der Waals surface area contributed by atoms with Crippen LogP contribution < -0.4 is 5.56 Å². The molecule has 1 saturated heterocycles. The zero-order valence-corrected chi connectivity index (χ0v) is 19.6. The molecular weight excluding hydrogens is 450 g/mol. The van der Waals surface area contributed by atoms with Crippen molar-refractivity contribution in [1.82, 2.24) is 14.0 Å². The monoisotopic (exact) mass is 473 g/mol. The molecule has 2 atom stereocenters. The van der Waals surface area contributed by atoms with Crippen molar-refractivity contribution in [2.24, 2.45) is 5.92 Å². The highest BCUT2D eigenvalue weighted by atomic mass is 32.2. The Hall–Kier alpha value is -2.90. The van der Waals surface area contributed by atoms with Gasteiger partial charge in [0.2, 0.25) is 5.91 Å². The highest BCUT2D eigenvalue weighted by Gasteiger charge is 2.35. The molecule has 0 spiro atoms. The number of likely N-dealkylation sites (tertiary alicyclic amines) is 1. The number of hydrogen-bond donors (Lipinski definition) is 0. The van der Waals surface area contributed by atoms with E-state index in [0.29, 0.717) is 17.6 Å². The minimum Gasteiger partial charge on any atom is -0.356 e. The molecular formula is C26H23N3O2S2. The van der Waals surface area contributed by atoms with Crippen LogP contribution in [0.5, 0.6) is 0 Å². The van der Waals surface area contributed by atoms with Crippen LogP contribution in [-0.2, 0) is 6.54 Å². The fourth-order valence-electron chi connectivity index (χ4n) is 5.52. The number of fused-ring (bicyclic) bond motifs is 7. The van der Waals surface area contributed by atoms with Gasteiger partial charge < -0.3 is 9.47 Å². The van der Waals surface area contributed by atoms with Crippen molar-refractivity contribution < 1.29 is 4.79 Å². The minimum absolute atomic E-state index is 0.0360. The smallest absolute Gasteiger partial charge is 0.250 e. The van der Waals surface area contributed by atoms with Gasteiger partial charge in [0.1, 0.15) is 4.32 Å². The lowest BCUT2D eigenvalue weighted by Crippen LogP contribution is -2.48. The first-order valence-electron chi connectivity index (χ1n) is 11.2. The summed E-state index contributed by atoms with van der Waals surface area (Å²) >= 11 is 7.22. The summed E-state index contributed by atoms with van der Waals surface area (Å²) in [6.45, 7) is 2.39. The first-order valence-corrected chi connectivity index (χ1v) is 12.6. The van der Waals surface area contributed by atoms with E-state index in [2.05, 4.69) is 23.1 Å². The van der Waals surface area contributed by atoms with Crippen LogP contribution in [0.4, 0.5) is 0 Å². The number of carbonyl (C=O) groups excluding carboxylic acids is 1. The summed E-state index contributed by atoms with van der Waals surface area (Å²) in [4.78, 5) is 27.8. The Morgan fingerprint density at radius 1 is 0.909 bits per heavy atom. The zero-order valence-electron chi connectivity index (χ0n) is 18.0. The quantitative estimate of drug-likeness (QED) is 0.394. The summed E-state index contributed by atoms with van der Waals surface area (Å²) in [5.41, 5.74) is 3.07. The van der Waals surface area contributed by atoms with Crippen molar-refractivity contribution in [3.05, 3.63) is 82.8 Å². The lowest BCUT2D eigenvalue weighted by Gasteiger charge is -2.43. The molecule has 0 unspecified atom stereocenters. The first kappa shape index (κ1) is 20.7. The Bertz CT molecular complexity index is 1420. The van der Waals surface area contributed by atoms with Crippen LogP contribution in [0.1, 0.15) is 22.8 Å². The number of carbonyl (C=O) groups is 1. The predicted octanol–water partition coefficient (Wildman–Crippen LogP) is 4.73. The van der Waals surface area contributed by atoms with E-state index in [9.17, 15) is 9.59 Å². The molecule has 2 aliphatic rings. The van der Waals surface area contributed by atoms with E-state index in [4.69, 9.17) is 12.2 Å². The SMILES string of the molecule is O=C(CSC(=S)N1C[C@H]2C[C@H](C1)c1cccc(=O)n1C2)n1c2ccccc2c2ccccc21. The summed E-state index contributed by atoms with van der Waals surface area (Å²) in [5.74, 6) is 1.04. The molecule has 0 radical (unpaired) electrons. The molecule has 2 aliphatic heterocycles. The summed E-state index contributed by atoms with van der Waals surface area (Å²) in [6.07, 6.45) is 1.09. The Kier molecular flexibility index (Phi) is 5.11. The largest absolute Gasteiger partial charge is 0.356 e. The van der Waals surface area contributed by atoms with Gasteiger partial charge in [0.05, 0.1) is 16.8 Å². The van der Waals surface area contributed by atoms with Gasteiger partial charge in [-0.25, -0.2) is 0 Å². The van der Waals surface area contributed by atoms with E-state index in [0.717, 1.165) is 57.9 Å². The number of benzene rings is 2. The van der Waals surface area contributed by atoms with Crippen LogP contribution in [0.15, 0.2) is 71.5 Å². The summed E-state index contributed by atoms with van der Waals surface area (Å²) in [7, 11) is 0. The van der Waals surface area contributed by atoms with Gasteiger partial charge in [-0.05, 0) is 30.5 Å². The van der Waals surface area contributed by atoms with Gasteiger partial charge in [-0.1, -0.05) is 66.4 Å². The second-order valence-electron chi connectivity index (χ2n) is 8.92. The molecule has 6 rings (SSSR count). The van der Waals surface area contributed by atoms with Gasteiger partial charge in [0.15, 0.2) is 0 Å². The van der Waals surface area contributed by atoms with E-state index in [-0.39, 0.29) is 11.5 Å².